The lowest BCUT2D eigenvalue weighted by atomic mass is 10.1. The highest BCUT2D eigenvalue weighted by molar-refractivity contribution is 6.01. The number of benzene rings is 2. The molecule has 2 aromatic carbocycles. The highest BCUT2D eigenvalue weighted by Crippen LogP contribution is 2.37. The molecule has 2 heterocycles. The average molecular weight is 425 g/mol. The molecule has 2 aromatic rings. The van der Waals surface area contributed by atoms with Crippen LogP contribution in [0, 0.1) is 5.92 Å². The molecule has 31 heavy (non-hydrogen) atoms. The van der Waals surface area contributed by atoms with Crippen molar-refractivity contribution in [3.63, 3.8) is 0 Å². The van der Waals surface area contributed by atoms with Crippen LogP contribution < -0.4 is 30.0 Å². The minimum absolute atomic E-state index is 0.0327. The minimum atomic E-state index is -0.583. The van der Waals surface area contributed by atoms with Gasteiger partial charge < -0.3 is 19.1 Å². The number of nitrogens with one attached hydrogen (secondary N) is 2. The van der Waals surface area contributed by atoms with E-state index in [9.17, 15) is 14.4 Å². The first-order valence-corrected chi connectivity index (χ1v) is 9.97. The molecule has 0 saturated carbocycles. The van der Waals surface area contributed by atoms with E-state index in [1.807, 2.05) is 13.8 Å². The molecule has 0 spiro atoms. The third kappa shape index (κ3) is 4.55. The van der Waals surface area contributed by atoms with Crippen LogP contribution in [0.25, 0.3) is 0 Å². The molecule has 9 heteroatoms. The molecular formula is C22H23N3O6. The van der Waals surface area contributed by atoms with Gasteiger partial charge in [-0.1, -0.05) is 0 Å². The van der Waals surface area contributed by atoms with Gasteiger partial charge in [0.05, 0.1) is 12.0 Å². The fourth-order valence-corrected chi connectivity index (χ4v) is 3.44. The zero-order valence-corrected chi connectivity index (χ0v) is 17.2. The van der Waals surface area contributed by atoms with Gasteiger partial charge in [0.1, 0.15) is 5.75 Å². The summed E-state index contributed by atoms with van der Waals surface area (Å²) in [5.74, 6) is 0.201. The molecule has 1 atom stereocenters. The van der Waals surface area contributed by atoms with Crippen molar-refractivity contribution in [3.05, 3.63) is 48.0 Å². The van der Waals surface area contributed by atoms with Crippen molar-refractivity contribution >= 4 is 23.4 Å². The van der Waals surface area contributed by atoms with Gasteiger partial charge in [0, 0.05) is 30.3 Å². The SMILES string of the molecule is CC(C)Oc1ccc(C(=O)NNC(=O)[C@H]2CC(=O)N(c3ccc4c(c3)OCO4)C2)cc1. The maximum Gasteiger partial charge on any atom is 0.269 e. The molecule has 4 rings (SSSR count). The predicted octanol–water partition coefficient (Wildman–Crippen LogP) is 2.02. The fourth-order valence-electron chi connectivity index (χ4n) is 3.44. The Bertz CT molecular complexity index is 1000. The number of fused-ring (bicyclic) bond motifs is 1. The summed E-state index contributed by atoms with van der Waals surface area (Å²) in [5, 5.41) is 0. The normalized spacial score (nSPS) is 17.1. The van der Waals surface area contributed by atoms with Crippen LogP contribution in [-0.2, 0) is 9.59 Å². The van der Waals surface area contributed by atoms with Crippen molar-refractivity contribution in [1.29, 1.82) is 0 Å². The summed E-state index contributed by atoms with van der Waals surface area (Å²) in [5.41, 5.74) is 5.82. The lowest BCUT2D eigenvalue weighted by molar-refractivity contribution is -0.126. The van der Waals surface area contributed by atoms with Crippen molar-refractivity contribution in [2.45, 2.75) is 26.4 Å². The lowest BCUT2D eigenvalue weighted by Gasteiger charge is -2.17. The van der Waals surface area contributed by atoms with Crippen LogP contribution in [0.1, 0.15) is 30.6 Å². The van der Waals surface area contributed by atoms with E-state index >= 15 is 0 Å². The standard InChI is InChI=1S/C22H23N3O6/c1-13(2)31-17-6-3-14(4-7-17)21(27)23-24-22(28)15-9-20(26)25(11-15)16-5-8-18-19(10-16)30-12-29-18/h3-8,10,13,15H,9,11-12H2,1-2H3,(H,23,27)(H,24,28)/t15-/m0/s1. The molecule has 0 aliphatic carbocycles. The third-order valence-electron chi connectivity index (χ3n) is 4.95. The van der Waals surface area contributed by atoms with Gasteiger partial charge in [-0.3, -0.25) is 25.2 Å². The third-order valence-corrected chi connectivity index (χ3v) is 4.95. The molecule has 3 amide bonds. The Balaban J connectivity index is 1.32. The number of nitrogens with zero attached hydrogens (tertiary/aromatic N) is 1. The van der Waals surface area contributed by atoms with Gasteiger partial charge in [-0.05, 0) is 50.2 Å². The van der Waals surface area contributed by atoms with Crippen molar-refractivity contribution in [1.82, 2.24) is 10.9 Å². The topological polar surface area (TPSA) is 106 Å². The Hall–Kier alpha value is -3.75. The Kier molecular flexibility index (Phi) is 5.66. The lowest BCUT2D eigenvalue weighted by Crippen LogP contribution is -2.45. The monoisotopic (exact) mass is 425 g/mol. The van der Waals surface area contributed by atoms with E-state index < -0.39 is 17.7 Å². The molecule has 2 N–H and O–H groups in total. The van der Waals surface area contributed by atoms with E-state index in [-0.39, 0.29) is 31.8 Å². The maximum absolute atomic E-state index is 12.5. The predicted molar refractivity (Wildman–Crippen MR) is 111 cm³/mol. The zero-order valence-electron chi connectivity index (χ0n) is 17.2. The van der Waals surface area contributed by atoms with Gasteiger partial charge in [-0.15, -0.1) is 0 Å². The van der Waals surface area contributed by atoms with Gasteiger partial charge in [-0.25, -0.2) is 0 Å². The number of hydrogen-bond donors (Lipinski definition) is 2. The van der Waals surface area contributed by atoms with Crippen LogP contribution in [-0.4, -0.2) is 37.2 Å². The van der Waals surface area contributed by atoms with E-state index in [0.29, 0.717) is 28.5 Å². The minimum Gasteiger partial charge on any atom is -0.491 e. The van der Waals surface area contributed by atoms with Crippen LogP contribution in [0.2, 0.25) is 0 Å². The Morgan fingerprint density at radius 1 is 1.06 bits per heavy atom. The molecule has 0 radical (unpaired) electrons. The van der Waals surface area contributed by atoms with Crippen molar-refractivity contribution in [2.24, 2.45) is 5.92 Å². The summed E-state index contributed by atoms with van der Waals surface area (Å²) >= 11 is 0. The van der Waals surface area contributed by atoms with Crippen molar-refractivity contribution < 1.29 is 28.6 Å². The smallest absolute Gasteiger partial charge is 0.269 e. The average Bonchev–Trinajstić information content (AvgIpc) is 3.37. The molecule has 9 nitrogen and oxygen atoms in total. The maximum atomic E-state index is 12.5. The van der Waals surface area contributed by atoms with E-state index in [4.69, 9.17) is 14.2 Å². The number of hydrazine groups is 1. The second-order valence-electron chi connectivity index (χ2n) is 7.58. The van der Waals surface area contributed by atoms with E-state index in [1.165, 1.54) is 4.90 Å². The van der Waals surface area contributed by atoms with Crippen LogP contribution in [0.3, 0.4) is 0 Å². The number of ether oxygens (including phenoxy) is 3. The van der Waals surface area contributed by atoms with E-state index in [2.05, 4.69) is 10.9 Å². The summed E-state index contributed by atoms with van der Waals surface area (Å²) in [6.45, 7) is 4.18. The quantitative estimate of drug-likeness (QED) is 0.710. The first-order chi connectivity index (χ1) is 14.9. The molecule has 0 unspecified atom stereocenters. The van der Waals surface area contributed by atoms with Gasteiger partial charge in [0.15, 0.2) is 11.5 Å². The van der Waals surface area contributed by atoms with Crippen molar-refractivity contribution in [2.75, 3.05) is 18.2 Å². The number of hydrogen-bond acceptors (Lipinski definition) is 6. The summed E-state index contributed by atoms with van der Waals surface area (Å²) in [6.07, 6.45) is 0.0857. The van der Waals surface area contributed by atoms with E-state index in [1.54, 1.807) is 42.5 Å². The van der Waals surface area contributed by atoms with E-state index in [0.717, 1.165) is 0 Å². The molecule has 1 saturated heterocycles. The molecule has 162 valence electrons. The first kappa shape index (κ1) is 20.5. The highest BCUT2D eigenvalue weighted by atomic mass is 16.7. The Morgan fingerprint density at radius 3 is 2.55 bits per heavy atom. The van der Waals surface area contributed by atoms with Gasteiger partial charge in [-0.2, -0.15) is 0 Å². The summed E-state index contributed by atoms with van der Waals surface area (Å²) in [4.78, 5) is 38.7. The molecule has 2 aliphatic heterocycles. The summed E-state index contributed by atoms with van der Waals surface area (Å²) in [6, 6.07) is 11.8. The molecule has 2 aliphatic rings. The van der Waals surface area contributed by atoms with Crippen LogP contribution >= 0.6 is 0 Å². The molecule has 0 aromatic heterocycles. The molecule has 1 fully saturated rings. The van der Waals surface area contributed by atoms with Crippen LogP contribution in [0.15, 0.2) is 42.5 Å². The summed E-state index contributed by atoms with van der Waals surface area (Å²) < 4.78 is 16.2. The number of rotatable bonds is 5. The Labute approximate surface area is 179 Å². The van der Waals surface area contributed by atoms with Gasteiger partial charge >= 0.3 is 0 Å². The first-order valence-electron chi connectivity index (χ1n) is 9.97. The second kappa shape index (κ2) is 8.55. The zero-order chi connectivity index (χ0) is 22.0. The van der Waals surface area contributed by atoms with Crippen molar-refractivity contribution in [3.8, 4) is 17.2 Å². The largest absolute Gasteiger partial charge is 0.491 e. The number of amides is 3. The fraction of sp³-hybridized carbons (Fsp3) is 0.318. The molecular weight excluding hydrogens is 402 g/mol. The molecule has 0 bridgehead atoms. The number of anilines is 1. The Morgan fingerprint density at radius 2 is 1.81 bits per heavy atom. The number of carbonyl (C=O) groups is 3. The van der Waals surface area contributed by atoms with Gasteiger partial charge in [0.2, 0.25) is 18.6 Å². The number of carbonyl (C=O) groups excluding carboxylic acids is 3. The van der Waals surface area contributed by atoms with Gasteiger partial charge in [0.25, 0.3) is 5.91 Å². The second-order valence-corrected chi connectivity index (χ2v) is 7.58. The highest BCUT2D eigenvalue weighted by Gasteiger charge is 2.36. The summed E-state index contributed by atoms with van der Waals surface area (Å²) in [7, 11) is 0. The van der Waals surface area contributed by atoms with Crippen LogP contribution in [0.4, 0.5) is 5.69 Å². The van der Waals surface area contributed by atoms with Crippen LogP contribution in [0.5, 0.6) is 17.2 Å².